The molecule has 0 radical (unpaired) electrons. The molecule has 0 saturated carbocycles. The quantitative estimate of drug-likeness (QED) is 0.891. The van der Waals surface area contributed by atoms with Crippen LogP contribution >= 0.6 is 0 Å². The number of nitrogens with zero attached hydrogens (tertiary/aromatic N) is 1. The van der Waals surface area contributed by atoms with Crippen LogP contribution in [-0.4, -0.2) is 45.6 Å². The van der Waals surface area contributed by atoms with Gasteiger partial charge in [-0.3, -0.25) is 0 Å². The average molecular weight is 316 g/mol. The second-order valence-corrected chi connectivity index (χ2v) is 7.67. The number of sulfonamides is 1. The summed E-state index contributed by atoms with van der Waals surface area (Å²) < 4.78 is 38.1. The first kappa shape index (κ1) is 16.5. The monoisotopic (exact) mass is 316 g/mol. The fourth-order valence-electron chi connectivity index (χ4n) is 2.71. The van der Waals surface area contributed by atoms with Crippen molar-refractivity contribution in [2.24, 2.45) is 0 Å². The number of ether oxygens (including phenoxy) is 1. The Morgan fingerprint density at radius 1 is 1.52 bits per heavy atom. The third-order valence-corrected chi connectivity index (χ3v) is 5.96. The van der Waals surface area contributed by atoms with Crippen molar-refractivity contribution in [1.29, 1.82) is 0 Å². The molecule has 2 heterocycles. The lowest BCUT2D eigenvalue weighted by Crippen LogP contribution is -2.49. The van der Waals surface area contributed by atoms with Crippen molar-refractivity contribution in [3.63, 3.8) is 0 Å². The van der Waals surface area contributed by atoms with Crippen LogP contribution in [0.2, 0.25) is 0 Å². The second-order valence-electron chi connectivity index (χ2n) is 5.76. The Balaban J connectivity index is 2.29. The lowest BCUT2D eigenvalue weighted by molar-refractivity contribution is -0.0319. The van der Waals surface area contributed by atoms with Crippen molar-refractivity contribution in [1.82, 2.24) is 9.62 Å². The van der Waals surface area contributed by atoms with Gasteiger partial charge in [0.2, 0.25) is 10.0 Å². The Morgan fingerprint density at radius 2 is 2.24 bits per heavy atom. The SMILES string of the molecule is CNCc1cc(S(=O)(=O)N2CCCC(C)(OC)C2)c(C)o1. The zero-order valence-electron chi connectivity index (χ0n) is 13.1. The smallest absolute Gasteiger partial charge is 0.246 e. The fourth-order valence-corrected chi connectivity index (χ4v) is 4.49. The molecule has 1 saturated heterocycles. The molecule has 6 nitrogen and oxygen atoms in total. The molecule has 0 spiro atoms. The predicted molar refractivity (Wildman–Crippen MR) is 79.6 cm³/mol. The topological polar surface area (TPSA) is 71.8 Å². The molecular formula is C14H24N2O4S. The van der Waals surface area contributed by atoms with E-state index in [-0.39, 0.29) is 4.90 Å². The minimum atomic E-state index is -3.54. The van der Waals surface area contributed by atoms with Crippen molar-refractivity contribution < 1.29 is 17.6 Å². The third kappa shape index (κ3) is 3.31. The first-order valence-electron chi connectivity index (χ1n) is 7.11. The molecule has 1 atom stereocenters. The van der Waals surface area contributed by atoms with Crippen molar-refractivity contribution in [2.45, 2.75) is 43.7 Å². The molecule has 1 aliphatic rings. The second kappa shape index (κ2) is 6.08. The van der Waals surface area contributed by atoms with Gasteiger partial charge >= 0.3 is 0 Å². The zero-order chi connectivity index (χ0) is 15.7. The lowest BCUT2D eigenvalue weighted by atomic mass is 9.96. The largest absolute Gasteiger partial charge is 0.464 e. The van der Waals surface area contributed by atoms with Crippen LogP contribution in [0.15, 0.2) is 15.4 Å². The Morgan fingerprint density at radius 3 is 2.86 bits per heavy atom. The highest BCUT2D eigenvalue weighted by atomic mass is 32.2. The molecule has 1 N–H and O–H groups in total. The van der Waals surface area contributed by atoms with Crippen LogP contribution in [0.4, 0.5) is 0 Å². The van der Waals surface area contributed by atoms with Gasteiger partial charge in [0.05, 0.1) is 12.1 Å². The normalized spacial score (nSPS) is 24.4. The Kier molecular flexibility index (Phi) is 4.77. The van der Waals surface area contributed by atoms with Gasteiger partial charge in [-0.1, -0.05) is 0 Å². The highest BCUT2D eigenvalue weighted by molar-refractivity contribution is 7.89. The number of methoxy groups -OCH3 is 1. The van der Waals surface area contributed by atoms with E-state index < -0.39 is 15.6 Å². The van der Waals surface area contributed by atoms with Gasteiger partial charge in [-0.15, -0.1) is 0 Å². The van der Waals surface area contributed by atoms with Gasteiger partial charge in [0.25, 0.3) is 0 Å². The van der Waals surface area contributed by atoms with Gasteiger partial charge in [-0.25, -0.2) is 8.42 Å². The zero-order valence-corrected chi connectivity index (χ0v) is 13.9. The summed E-state index contributed by atoms with van der Waals surface area (Å²) in [6, 6.07) is 1.61. The van der Waals surface area contributed by atoms with Crippen molar-refractivity contribution in [3.05, 3.63) is 17.6 Å². The molecule has 0 aromatic carbocycles. The molecule has 120 valence electrons. The lowest BCUT2D eigenvalue weighted by Gasteiger charge is -2.38. The first-order chi connectivity index (χ1) is 9.82. The number of piperidine rings is 1. The minimum Gasteiger partial charge on any atom is -0.464 e. The number of hydrogen-bond donors (Lipinski definition) is 1. The van der Waals surface area contributed by atoms with E-state index in [4.69, 9.17) is 9.15 Å². The molecule has 0 bridgehead atoms. The van der Waals surface area contributed by atoms with Gasteiger partial charge in [-0.05, 0) is 33.7 Å². The fraction of sp³-hybridized carbons (Fsp3) is 0.714. The van der Waals surface area contributed by atoms with Crippen LogP contribution in [0.1, 0.15) is 31.3 Å². The Hall–Kier alpha value is -0.890. The third-order valence-electron chi connectivity index (χ3n) is 4.01. The van der Waals surface area contributed by atoms with Crippen LogP contribution in [-0.2, 0) is 21.3 Å². The molecule has 1 aromatic rings. The molecule has 0 amide bonds. The summed E-state index contributed by atoms with van der Waals surface area (Å²) >= 11 is 0. The number of nitrogens with one attached hydrogen (secondary N) is 1. The Bertz CT molecular complexity index is 596. The Labute approximate surface area is 126 Å². The molecule has 0 aliphatic carbocycles. The van der Waals surface area contributed by atoms with E-state index in [0.29, 0.717) is 31.2 Å². The number of furan rings is 1. The average Bonchev–Trinajstić information content (AvgIpc) is 2.81. The summed E-state index contributed by atoms with van der Waals surface area (Å²) in [5, 5.41) is 2.96. The van der Waals surface area contributed by atoms with Crippen LogP contribution in [0, 0.1) is 6.92 Å². The van der Waals surface area contributed by atoms with Gasteiger partial charge < -0.3 is 14.5 Å². The molecule has 1 fully saturated rings. The summed E-state index contributed by atoms with van der Waals surface area (Å²) in [4.78, 5) is 0.258. The van der Waals surface area contributed by atoms with Crippen LogP contribution < -0.4 is 5.32 Å². The molecule has 7 heteroatoms. The van der Waals surface area contributed by atoms with Crippen LogP contribution in [0.25, 0.3) is 0 Å². The van der Waals surface area contributed by atoms with Crippen molar-refractivity contribution in [3.8, 4) is 0 Å². The van der Waals surface area contributed by atoms with Crippen molar-refractivity contribution in [2.75, 3.05) is 27.2 Å². The predicted octanol–water partition coefficient (Wildman–Crippen LogP) is 1.50. The summed E-state index contributed by atoms with van der Waals surface area (Å²) in [6.45, 7) is 5.03. The molecular weight excluding hydrogens is 292 g/mol. The summed E-state index contributed by atoms with van der Waals surface area (Å²) in [7, 11) is -0.118. The maximum absolute atomic E-state index is 12.8. The highest BCUT2D eigenvalue weighted by Gasteiger charge is 2.38. The van der Waals surface area contributed by atoms with Crippen LogP contribution in [0.5, 0.6) is 0 Å². The molecule has 1 unspecified atom stereocenters. The van der Waals surface area contributed by atoms with Gasteiger partial charge in [0.15, 0.2) is 0 Å². The number of hydrogen-bond acceptors (Lipinski definition) is 5. The van der Waals surface area contributed by atoms with Gasteiger partial charge in [-0.2, -0.15) is 4.31 Å². The summed E-state index contributed by atoms with van der Waals surface area (Å²) in [5.41, 5.74) is -0.420. The molecule has 2 rings (SSSR count). The van der Waals surface area contributed by atoms with E-state index in [2.05, 4.69) is 5.32 Å². The maximum Gasteiger partial charge on any atom is 0.246 e. The van der Waals surface area contributed by atoms with E-state index in [1.807, 2.05) is 6.92 Å². The van der Waals surface area contributed by atoms with E-state index in [9.17, 15) is 8.42 Å². The first-order valence-corrected chi connectivity index (χ1v) is 8.55. The molecule has 1 aliphatic heterocycles. The van der Waals surface area contributed by atoms with Gasteiger partial charge in [0.1, 0.15) is 16.4 Å². The summed E-state index contributed by atoms with van der Waals surface area (Å²) in [6.07, 6.45) is 1.66. The number of rotatable bonds is 5. The highest BCUT2D eigenvalue weighted by Crippen LogP contribution is 2.30. The van der Waals surface area contributed by atoms with E-state index in [1.165, 1.54) is 4.31 Å². The standard InChI is InChI=1S/C14H24N2O4S/c1-11-13(8-12(20-11)9-15-3)21(17,18)16-7-5-6-14(2,10-16)19-4/h8,15H,5-7,9-10H2,1-4H3. The van der Waals surface area contributed by atoms with Crippen molar-refractivity contribution >= 4 is 10.0 Å². The van der Waals surface area contributed by atoms with E-state index >= 15 is 0 Å². The van der Waals surface area contributed by atoms with Gasteiger partial charge in [0, 0.05) is 26.3 Å². The molecule has 21 heavy (non-hydrogen) atoms. The van der Waals surface area contributed by atoms with E-state index in [0.717, 1.165) is 12.8 Å². The number of aryl methyl sites for hydroxylation is 1. The minimum absolute atomic E-state index is 0.258. The molecule has 1 aromatic heterocycles. The van der Waals surface area contributed by atoms with E-state index in [1.54, 1.807) is 27.1 Å². The summed E-state index contributed by atoms with van der Waals surface area (Å²) in [5.74, 6) is 1.06. The maximum atomic E-state index is 12.8. The van der Waals surface area contributed by atoms with Crippen LogP contribution in [0.3, 0.4) is 0 Å².